The van der Waals surface area contributed by atoms with Crippen LogP contribution in [0.15, 0.2) is 28.0 Å². The molecule has 134 valence electrons. The number of rotatable bonds is 6. The number of carbonyl (C=O) groups excluding carboxylic acids is 1. The number of amides is 1. The Morgan fingerprint density at radius 1 is 1.04 bits per heavy atom. The topological polar surface area (TPSA) is 141 Å². The molecular formula is C14H21N3O5S2. The van der Waals surface area contributed by atoms with Gasteiger partial charge in [-0.1, -0.05) is 0 Å². The molecule has 1 aliphatic rings. The Morgan fingerprint density at radius 2 is 1.67 bits per heavy atom. The van der Waals surface area contributed by atoms with Crippen LogP contribution in [0.1, 0.15) is 31.2 Å². The maximum atomic E-state index is 12.0. The van der Waals surface area contributed by atoms with Crippen molar-refractivity contribution in [1.82, 2.24) is 4.90 Å². The van der Waals surface area contributed by atoms with Crippen LogP contribution >= 0.6 is 0 Å². The Hall–Kier alpha value is -1.49. The van der Waals surface area contributed by atoms with E-state index in [1.165, 1.54) is 6.07 Å². The standard InChI is InChI=1S/C14H21N3O5S2/c15-23(19,20)12-6-7-13(24(16,21)22)11(10-12)4-3-5-14(18)17-8-1-2-9-17/h6-7,10H,1-5,8-9H2,(H2,15,19,20)(H2,16,21,22). The van der Waals surface area contributed by atoms with Crippen molar-refractivity contribution in [3.05, 3.63) is 23.8 Å². The zero-order chi connectivity index (χ0) is 18.0. The van der Waals surface area contributed by atoms with Crippen LogP contribution in [0, 0.1) is 0 Å². The zero-order valence-corrected chi connectivity index (χ0v) is 14.8. The molecule has 0 unspecified atom stereocenters. The fraction of sp³-hybridized carbons (Fsp3) is 0.500. The predicted octanol–water partition coefficient (Wildman–Crippen LogP) is -0.0735. The molecule has 0 saturated carbocycles. The summed E-state index contributed by atoms with van der Waals surface area (Å²) in [6.07, 6.45) is 2.87. The molecule has 0 atom stereocenters. The molecule has 4 N–H and O–H groups in total. The van der Waals surface area contributed by atoms with Gasteiger partial charge in [0, 0.05) is 19.5 Å². The van der Waals surface area contributed by atoms with E-state index in [0.717, 1.165) is 38.1 Å². The third-order valence-electron chi connectivity index (χ3n) is 3.96. The third kappa shape index (κ3) is 4.76. The van der Waals surface area contributed by atoms with Gasteiger partial charge in [-0.15, -0.1) is 0 Å². The van der Waals surface area contributed by atoms with E-state index in [1.807, 2.05) is 0 Å². The monoisotopic (exact) mass is 375 g/mol. The number of primary sulfonamides is 2. The summed E-state index contributed by atoms with van der Waals surface area (Å²) in [5.41, 5.74) is 0.248. The molecule has 1 fully saturated rings. The molecule has 0 radical (unpaired) electrons. The minimum atomic E-state index is -3.99. The van der Waals surface area contributed by atoms with E-state index in [0.29, 0.717) is 6.42 Å². The summed E-state index contributed by atoms with van der Waals surface area (Å²) >= 11 is 0. The van der Waals surface area contributed by atoms with Crippen LogP contribution in [0.5, 0.6) is 0 Å². The van der Waals surface area contributed by atoms with E-state index in [2.05, 4.69) is 0 Å². The molecule has 2 rings (SSSR count). The van der Waals surface area contributed by atoms with Gasteiger partial charge in [-0.2, -0.15) is 0 Å². The van der Waals surface area contributed by atoms with E-state index in [9.17, 15) is 21.6 Å². The number of nitrogens with two attached hydrogens (primary N) is 2. The van der Waals surface area contributed by atoms with Gasteiger partial charge in [0.25, 0.3) is 0 Å². The summed E-state index contributed by atoms with van der Waals surface area (Å²) in [5, 5.41) is 10.2. The van der Waals surface area contributed by atoms with Crippen LogP contribution in [0.2, 0.25) is 0 Å². The average molecular weight is 375 g/mol. The second-order valence-corrected chi connectivity index (χ2v) is 8.89. The normalized spacial score (nSPS) is 15.7. The van der Waals surface area contributed by atoms with E-state index < -0.39 is 20.0 Å². The second kappa shape index (κ2) is 7.18. The van der Waals surface area contributed by atoms with Crippen LogP contribution in [0.25, 0.3) is 0 Å². The first kappa shape index (κ1) is 18.8. The van der Waals surface area contributed by atoms with Gasteiger partial charge in [0.05, 0.1) is 9.79 Å². The van der Waals surface area contributed by atoms with E-state index >= 15 is 0 Å². The smallest absolute Gasteiger partial charge is 0.238 e. The van der Waals surface area contributed by atoms with Crippen molar-refractivity contribution in [1.29, 1.82) is 0 Å². The maximum Gasteiger partial charge on any atom is 0.238 e. The molecule has 1 heterocycles. The van der Waals surface area contributed by atoms with Crippen molar-refractivity contribution in [3.8, 4) is 0 Å². The summed E-state index contributed by atoms with van der Waals surface area (Å²) in [4.78, 5) is 13.5. The van der Waals surface area contributed by atoms with Gasteiger partial charge in [-0.25, -0.2) is 27.1 Å². The van der Waals surface area contributed by atoms with E-state index in [-0.39, 0.29) is 34.1 Å². The largest absolute Gasteiger partial charge is 0.343 e. The Bertz CT molecular complexity index is 828. The highest BCUT2D eigenvalue weighted by Gasteiger charge is 2.20. The Labute approximate surface area is 141 Å². The van der Waals surface area contributed by atoms with E-state index in [4.69, 9.17) is 10.3 Å². The molecule has 10 heteroatoms. The average Bonchev–Trinajstić information content (AvgIpc) is 2.99. The number of likely N-dealkylation sites (tertiary alicyclic amines) is 1. The molecule has 0 aromatic heterocycles. The number of sulfonamides is 2. The highest BCUT2D eigenvalue weighted by molar-refractivity contribution is 7.89. The van der Waals surface area contributed by atoms with Crippen LogP contribution in [-0.4, -0.2) is 40.7 Å². The van der Waals surface area contributed by atoms with Gasteiger partial charge in [0.15, 0.2) is 0 Å². The number of benzene rings is 1. The SMILES string of the molecule is NS(=O)(=O)c1ccc(S(N)(=O)=O)c(CCCC(=O)N2CCCC2)c1. The van der Waals surface area contributed by atoms with Crippen LogP contribution in [-0.2, 0) is 31.3 Å². The molecule has 1 amide bonds. The van der Waals surface area contributed by atoms with Crippen molar-refractivity contribution >= 4 is 26.0 Å². The Balaban J connectivity index is 2.15. The summed E-state index contributed by atoms with van der Waals surface area (Å²) in [6, 6.07) is 3.44. The molecule has 0 bridgehead atoms. The fourth-order valence-electron chi connectivity index (χ4n) is 2.76. The molecule has 1 aromatic carbocycles. The quantitative estimate of drug-likeness (QED) is 0.716. The summed E-state index contributed by atoms with van der Waals surface area (Å²) in [7, 11) is -7.95. The molecule has 1 aliphatic heterocycles. The lowest BCUT2D eigenvalue weighted by Crippen LogP contribution is -2.27. The Morgan fingerprint density at radius 3 is 2.21 bits per heavy atom. The highest BCUT2D eigenvalue weighted by Crippen LogP contribution is 2.21. The van der Waals surface area contributed by atoms with Crippen molar-refractivity contribution in [2.45, 2.75) is 41.9 Å². The maximum absolute atomic E-state index is 12.0. The summed E-state index contributed by atoms with van der Waals surface area (Å²) in [5.74, 6) is 0.0206. The molecule has 0 aliphatic carbocycles. The van der Waals surface area contributed by atoms with Crippen molar-refractivity contribution in [2.75, 3.05) is 13.1 Å². The predicted molar refractivity (Wildman–Crippen MR) is 87.9 cm³/mol. The lowest BCUT2D eigenvalue weighted by atomic mass is 10.1. The van der Waals surface area contributed by atoms with Gasteiger partial charge in [-0.05, 0) is 49.4 Å². The highest BCUT2D eigenvalue weighted by atomic mass is 32.2. The van der Waals surface area contributed by atoms with Gasteiger partial charge in [0.2, 0.25) is 26.0 Å². The number of hydrogen-bond acceptors (Lipinski definition) is 5. The second-order valence-electron chi connectivity index (χ2n) is 5.80. The van der Waals surface area contributed by atoms with Crippen LogP contribution < -0.4 is 10.3 Å². The molecule has 8 nitrogen and oxygen atoms in total. The number of aryl methyl sites for hydroxylation is 1. The zero-order valence-electron chi connectivity index (χ0n) is 13.1. The number of carbonyl (C=O) groups is 1. The summed E-state index contributed by atoms with van der Waals surface area (Å²) in [6.45, 7) is 1.50. The summed E-state index contributed by atoms with van der Waals surface area (Å²) < 4.78 is 46.2. The lowest BCUT2D eigenvalue weighted by molar-refractivity contribution is -0.130. The first-order valence-electron chi connectivity index (χ1n) is 7.55. The molecule has 24 heavy (non-hydrogen) atoms. The lowest BCUT2D eigenvalue weighted by Gasteiger charge is -2.15. The minimum absolute atomic E-state index is 0.0206. The molecule has 1 saturated heterocycles. The first-order chi connectivity index (χ1) is 11.1. The fourth-order valence-corrected chi connectivity index (χ4v) is 4.11. The molecular weight excluding hydrogens is 354 g/mol. The third-order valence-corrected chi connectivity index (χ3v) is 5.88. The van der Waals surface area contributed by atoms with Crippen molar-refractivity contribution in [3.63, 3.8) is 0 Å². The van der Waals surface area contributed by atoms with Crippen molar-refractivity contribution < 1.29 is 21.6 Å². The minimum Gasteiger partial charge on any atom is -0.343 e. The Kier molecular flexibility index (Phi) is 5.63. The molecule has 0 spiro atoms. The van der Waals surface area contributed by atoms with Crippen LogP contribution in [0.4, 0.5) is 0 Å². The van der Waals surface area contributed by atoms with Crippen LogP contribution in [0.3, 0.4) is 0 Å². The molecule has 1 aromatic rings. The van der Waals surface area contributed by atoms with Gasteiger partial charge >= 0.3 is 0 Å². The van der Waals surface area contributed by atoms with Gasteiger partial charge in [-0.3, -0.25) is 4.79 Å². The first-order valence-corrected chi connectivity index (χ1v) is 10.6. The van der Waals surface area contributed by atoms with Crippen molar-refractivity contribution in [2.24, 2.45) is 10.3 Å². The van der Waals surface area contributed by atoms with Gasteiger partial charge < -0.3 is 4.90 Å². The number of hydrogen-bond donors (Lipinski definition) is 2. The van der Waals surface area contributed by atoms with Gasteiger partial charge in [0.1, 0.15) is 0 Å². The van der Waals surface area contributed by atoms with E-state index in [1.54, 1.807) is 4.90 Å². The number of nitrogens with zero attached hydrogens (tertiary/aromatic N) is 1.